The van der Waals surface area contributed by atoms with Gasteiger partial charge in [0.25, 0.3) is 5.91 Å². The van der Waals surface area contributed by atoms with Crippen molar-refractivity contribution in [1.29, 1.82) is 0 Å². The summed E-state index contributed by atoms with van der Waals surface area (Å²) in [6.45, 7) is 0.550. The van der Waals surface area contributed by atoms with Crippen molar-refractivity contribution in [3.8, 4) is 22.8 Å². The number of hydrogen-bond acceptors (Lipinski definition) is 8. The second-order valence-electron chi connectivity index (χ2n) is 12.7. The average Bonchev–Trinajstić information content (AvgIpc) is 4.01. The Morgan fingerprint density at radius 1 is 1.10 bits per heavy atom. The van der Waals surface area contributed by atoms with Crippen LogP contribution in [0.1, 0.15) is 44.9 Å². The number of carbonyl (C=O) groups is 3. The second-order valence-corrected chi connectivity index (χ2v) is 14.6. The molecule has 3 atom stereocenters. The third-order valence-electron chi connectivity index (χ3n) is 9.12. The molecule has 0 unspecified atom stereocenters. The first kappa shape index (κ1) is 33.3. The number of ether oxygens (including phenoxy) is 2. The largest absolute Gasteiger partial charge is 0.497 e. The quantitative estimate of drug-likeness (QED) is 0.289. The van der Waals surface area contributed by atoms with Crippen LogP contribution in [0.2, 0.25) is 0 Å². The van der Waals surface area contributed by atoms with Crippen LogP contribution in [0.15, 0.2) is 66.7 Å². The summed E-state index contributed by atoms with van der Waals surface area (Å²) in [6, 6.07) is 15.5. The Morgan fingerprint density at radius 2 is 1.90 bits per heavy atom. The van der Waals surface area contributed by atoms with Crippen molar-refractivity contribution < 1.29 is 32.3 Å². The first-order chi connectivity index (χ1) is 23.1. The van der Waals surface area contributed by atoms with Crippen molar-refractivity contribution in [3.63, 3.8) is 0 Å². The van der Waals surface area contributed by atoms with Gasteiger partial charge in [0.2, 0.25) is 15.9 Å². The normalized spacial score (nSPS) is 23.3. The molecule has 0 radical (unpaired) electrons. The molecule has 48 heavy (non-hydrogen) atoms. The average molecular weight is 676 g/mol. The standard InChI is InChI=1S/C35H41N5O7S/c1-40-18-9-4-3-8-12-24-22-35(24,33(42)39-48(44,45)26-14-15-26)38-32(41)28(37-34(40)43)17-19-47-31-21-29(23-10-6-5-7-11-23)36-30-20-25(46-2)13-16-27(30)31/h5-8,10-13,16,20-21,24,26,28H,3-4,9,14-15,17-19,22H2,1-2H3,(H,37,43)(H,38,41)(H,39,42)/t24-,28+,35-/m1/s1. The van der Waals surface area contributed by atoms with E-state index >= 15 is 0 Å². The summed E-state index contributed by atoms with van der Waals surface area (Å²) in [5, 5.41) is 5.80. The van der Waals surface area contributed by atoms with E-state index in [2.05, 4.69) is 15.4 Å². The molecule has 2 aliphatic carbocycles. The van der Waals surface area contributed by atoms with Crippen molar-refractivity contribution in [2.45, 2.75) is 61.8 Å². The highest BCUT2D eigenvalue weighted by Crippen LogP contribution is 2.46. The predicted octanol–water partition coefficient (Wildman–Crippen LogP) is 3.91. The highest BCUT2D eigenvalue weighted by atomic mass is 32.2. The fraction of sp³-hybridized carbons (Fsp3) is 0.429. The van der Waals surface area contributed by atoms with Gasteiger partial charge < -0.3 is 25.0 Å². The van der Waals surface area contributed by atoms with E-state index < -0.39 is 44.7 Å². The summed E-state index contributed by atoms with van der Waals surface area (Å²) in [6.07, 6.45) is 7.49. The Balaban J connectivity index is 1.24. The van der Waals surface area contributed by atoms with Crippen LogP contribution in [-0.2, 0) is 19.6 Å². The molecule has 0 saturated heterocycles. The Bertz CT molecular complexity index is 1830. The van der Waals surface area contributed by atoms with Gasteiger partial charge in [-0.25, -0.2) is 18.2 Å². The number of nitrogens with one attached hydrogen (secondary N) is 3. The molecule has 1 aliphatic heterocycles. The summed E-state index contributed by atoms with van der Waals surface area (Å²) < 4.78 is 39.2. The highest BCUT2D eigenvalue weighted by molar-refractivity contribution is 7.91. The van der Waals surface area contributed by atoms with E-state index in [-0.39, 0.29) is 25.4 Å². The Kier molecular flexibility index (Phi) is 9.58. The molecule has 2 fully saturated rings. The lowest BCUT2D eigenvalue weighted by atomic mass is 10.1. The maximum atomic E-state index is 13.9. The van der Waals surface area contributed by atoms with Gasteiger partial charge in [-0.3, -0.25) is 14.3 Å². The van der Waals surface area contributed by atoms with Gasteiger partial charge in [-0.1, -0.05) is 42.5 Å². The number of fused-ring (bicyclic) bond motifs is 2. The van der Waals surface area contributed by atoms with Crippen molar-refractivity contribution in [1.82, 2.24) is 25.2 Å². The van der Waals surface area contributed by atoms with E-state index in [4.69, 9.17) is 14.5 Å². The third-order valence-corrected chi connectivity index (χ3v) is 10.9. The first-order valence-corrected chi connectivity index (χ1v) is 17.9. The van der Waals surface area contributed by atoms with E-state index in [0.717, 1.165) is 30.2 Å². The van der Waals surface area contributed by atoms with Gasteiger partial charge in [-0.05, 0) is 50.7 Å². The number of rotatable bonds is 9. The van der Waals surface area contributed by atoms with Gasteiger partial charge in [0.05, 0.1) is 30.2 Å². The smallest absolute Gasteiger partial charge is 0.317 e. The predicted molar refractivity (Wildman–Crippen MR) is 181 cm³/mol. The number of aromatic nitrogens is 1. The molecule has 4 amide bonds. The number of pyridine rings is 1. The number of urea groups is 1. The maximum absolute atomic E-state index is 13.9. The van der Waals surface area contributed by atoms with Crippen molar-refractivity contribution in [2.24, 2.45) is 5.92 Å². The zero-order chi connectivity index (χ0) is 33.9. The molecule has 3 N–H and O–H groups in total. The number of allylic oxidation sites excluding steroid dienone is 1. The van der Waals surface area contributed by atoms with Crippen LogP contribution in [0, 0.1) is 5.92 Å². The molecule has 0 bridgehead atoms. The van der Waals surface area contributed by atoms with Crippen LogP contribution in [-0.4, -0.2) is 80.3 Å². The summed E-state index contributed by atoms with van der Waals surface area (Å²) in [5.41, 5.74) is 0.825. The minimum Gasteiger partial charge on any atom is -0.497 e. The third kappa shape index (κ3) is 7.40. The summed E-state index contributed by atoms with van der Waals surface area (Å²) >= 11 is 0. The van der Waals surface area contributed by atoms with Crippen molar-refractivity contribution in [2.75, 3.05) is 27.3 Å². The van der Waals surface area contributed by atoms with Crippen molar-refractivity contribution in [3.05, 3.63) is 66.7 Å². The van der Waals surface area contributed by atoms with Crippen LogP contribution < -0.4 is 24.8 Å². The van der Waals surface area contributed by atoms with E-state index in [1.165, 1.54) is 4.90 Å². The molecule has 2 heterocycles. The Labute approximate surface area is 280 Å². The van der Waals surface area contributed by atoms with Crippen LogP contribution in [0.3, 0.4) is 0 Å². The van der Waals surface area contributed by atoms with Gasteiger partial charge in [0, 0.05) is 49.0 Å². The monoisotopic (exact) mass is 675 g/mol. The zero-order valence-electron chi connectivity index (χ0n) is 27.1. The molecule has 0 spiro atoms. The minimum absolute atomic E-state index is 0.0417. The number of sulfonamides is 1. The van der Waals surface area contributed by atoms with Gasteiger partial charge >= 0.3 is 6.03 Å². The first-order valence-electron chi connectivity index (χ1n) is 16.3. The lowest BCUT2D eigenvalue weighted by Crippen LogP contribution is -2.58. The summed E-state index contributed by atoms with van der Waals surface area (Å²) in [5.74, 6) is -0.535. The van der Waals surface area contributed by atoms with Gasteiger partial charge in [-0.2, -0.15) is 0 Å². The zero-order valence-corrected chi connectivity index (χ0v) is 27.9. The minimum atomic E-state index is -3.83. The highest BCUT2D eigenvalue weighted by Gasteiger charge is 2.61. The molecule has 6 rings (SSSR count). The van der Waals surface area contributed by atoms with E-state index in [9.17, 15) is 22.8 Å². The fourth-order valence-electron chi connectivity index (χ4n) is 5.94. The summed E-state index contributed by atoms with van der Waals surface area (Å²) in [7, 11) is -0.578. The van der Waals surface area contributed by atoms with Gasteiger partial charge in [0.1, 0.15) is 23.1 Å². The number of methoxy groups -OCH3 is 1. The molecule has 3 aliphatic rings. The van der Waals surface area contributed by atoms with E-state index in [1.807, 2.05) is 66.7 Å². The fourth-order valence-corrected chi connectivity index (χ4v) is 7.30. The van der Waals surface area contributed by atoms with Gasteiger partial charge in [-0.15, -0.1) is 0 Å². The molecule has 254 valence electrons. The number of hydrogen-bond donors (Lipinski definition) is 3. The SMILES string of the molecule is COc1ccc2c(OCC[C@@H]3NC(=O)N(C)CCCCC=C[C@@H]4C[C@@]4(C(=O)NS(=O)(=O)C4CC4)NC3=O)cc(-c3ccccc3)nc2c1. The number of amides is 4. The topological polar surface area (TPSA) is 156 Å². The Hall–Kier alpha value is -4.65. The van der Waals surface area contributed by atoms with E-state index in [0.29, 0.717) is 42.1 Å². The number of carbonyl (C=O) groups excluding carboxylic acids is 3. The molecular weight excluding hydrogens is 634 g/mol. The molecule has 1 aromatic heterocycles. The van der Waals surface area contributed by atoms with E-state index in [1.54, 1.807) is 14.2 Å². The lowest BCUT2D eigenvalue weighted by Gasteiger charge is -2.26. The van der Waals surface area contributed by atoms with Crippen LogP contribution in [0.5, 0.6) is 11.5 Å². The van der Waals surface area contributed by atoms with Crippen LogP contribution in [0.25, 0.3) is 22.2 Å². The van der Waals surface area contributed by atoms with Crippen molar-refractivity contribution >= 4 is 38.8 Å². The number of nitrogens with zero attached hydrogens (tertiary/aromatic N) is 2. The molecule has 13 heteroatoms. The summed E-state index contributed by atoms with van der Waals surface area (Å²) in [4.78, 5) is 46.9. The van der Waals surface area contributed by atoms with Crippen LogP contribution >= 0.6 is 0 Å². The molecule has 3 aromatic rings. The van der Waals surface area contributed by atoms with Gasteiger partial charge in [0.15, 0.2) is 0 Å². The molecule has 12 nitrogen and oxygen atoms in total. The lowest BCUT2D eigenvalue weighted by molar-refractivity contribution is -0.130. The maximum Gasteiger partial charge on any atom is 0.317 e. The second kappa shape index (κ2) is 13.8. The molecule has 2 saturated carbocycles. The molecular formula is C35H41N5O7S. The number of benzene rings is 2. The molecule has 2 aromatic carbocycles. The van der Waals surface area contributed by atoms with Crippen LogP contribution in [0.4, 0.5) is 4.79 Å². The Morgan fingerprint density at radius 3 is 2.65 bits per heavy atom.